The number of thiophene rings is 1. The van der Waals surface area contributed by atoms with Gasteiger partial charge in [-0.25, -0.2) is 8.78 Å². The third kappa shape index (κ3) is 4.43. The van der Waals surface area contributed by atoms with Crippen molar-refractivity contribution in [1.82, 2.24) is 0 Å². The van der Waals surface area contributed by atoms with Gasteiger partial charge in [0, 0.05) is 10.9 Å². The second-order valence-electron chi connectivity index (χ2n) is 3.78. The van der Waals surface area contributed by atoms with Gasteiger partial charge < -0.3 is 5.73 Å². The Labute approximate surface area is 123 Å². The molecule has 2 aromatic rings. The zero-order valence-corrected chi connectivity index (χ0v) is 12.0. The second-order valence-corrected chi connectivity index (χ2v) is 5.75. The third-order valence-electron chi connectivity index (χ3n) is 2.30. The van der Waals surface area contributed by atoms with Crippen molar-refractivity contribution < 1.29 is 13.9 Å². The summed E-state index contributed by atoms with van der Waals surface area (Å²) in [6, 6.07) is 7.65. The molecule has 3 nitrogen and oxygen atoms in total. The SMILES string of the molecule is NC(=N[NH+]=Cc1cccs1)SCc1ccc(F)c(F)c1. The summed E-state index contributed by atoms with van der Waals surface area (Å²) in [5.41, 5.74) is 6.34. The zero-order chi connectivity index (χ0) is 14.4. The number of nitrogens with two attached hydrogens (primary N) is 1. The van der Waals surface area contributed by atoms with E-state index in [1.807, 2.05) is 17.5 Å². The van der Waals surface area contributed by atoms with E-state index in [4.69, 9.17) is 5.73 Å². The monoisotopic (exact) mass is 312 g/mol. The van der Waals surface area contributed by atoms with Crippen molar-refractivity contribution >= 4 is 34.5 Å². The van der Waals surface area contributed by atoms with Crippen LogP contribution in [0.15, 0.2) is 40.8 Å². The summed E-state index contributed by atoms with van der Waals surface area (Å²) in [5.74, 6) is -1.29. The largest absolute Gasteiger partial charge is 0.373 e. The van der Waals surface area contributed by atoms with Crippen LogP contribution >= 0.6 is 23.1 Å². The topological polar surface area (TPSA) is 52.3 Å². The van der Waals surface area contributed by atoms with Gasteiger partial charge in [0.25, 0.3) is 0 Å². The summed E-state index contributed by atoms with van der Waals surface area (Å²) in [5, 5.41) is 8.96. The molecular formula is C13H12F2N3S2+. The Hall–Kier alpha value is -1.73. The highest BCUT2D eigenvalue weighted by atomic mass is 32.2. The Morgan fingerprint density at radius 1 is 1.35 bits per heavy atom. The van der Waals surface area contributed by atoms with E-state index in [1.54, 1.807) is 17.6 Å². The first-order valence-electron chi connectivity index (χ1n) is 5.67. The number of nitrogens with zero attached hydrogens (tertiary/aromatic N) is 1. The smallest absolute Gasteiger partial charge is 0.226 e. The van der Waals surface area contributed by atoms with E-state index in [9.17, 15) is 8.78 Å². The highest BCUT2D eigenvalue weighted by Gasteiger charge is 2.04. The van der Waals surface area contributed by atoms with Crippen molar-refractivity contribution in [1.29, 1.82) is 0 Å². The van der Waals surface area contributed by atoms with Gasteiger partial charge in [0.05, 0.1) is 4.88 Å². The average Bonchev–Trinajstić information content (AvgIpc) is 2.93. The first kappa shape index (κ1) is 14.7. The minimum atomic E-state index is -0.859. The molecule has 0 atom stereocenters. The molecule has 104 valence electrons. The minimum Gasteiger partial charge on any atom is -0.373 e. The molecule has 0 unspecified atom stereocenters. The lowest BCUT2D eigenvalue weighted by Gasteiger charge is -2.00. The number of amidine groups is 1. The molecule has 20 heavy (non-hydrogen) atoms. The number of nitrogens with one attached hydrogen (secondary N) is 1. The fraction of sp³-hybridized carbons (Fsp3) is 0.0769. The minimum absolute atomic E-state index is 0.322. The maximum absolute atomic E-state index is 13.0. The molecule has 3 N–H and O–H groups in total. The number of rotatable bonds is 4. The molecule has 0 fully saturated rings. The van der Waals surface area contributed by atoms with Crippen LogP contribution in [0.4, 0.5) is 8.78 Å². The Kier molecular flexibility index (Phi) is 5.25. The van der Waals surface area contributed by atoms with E-state index in [0.29, 0.717) is 16.5 Å². The Bertz CT molecular complexity index is 625. The molecular weight excluding hydrogens is 300 g/mol. The number of benzene rings is 1. The van der Waals surface area contributed by atoms with Gasteiger partial charge in [0.1, 0.15) is 0 Å². The van der Waals surface area contributed by atoms with Gasteiger partial charge in [-0.1, -0.05) is 23.9 Å². The van der Waals surface area contributed by atoms with Crippen LogP contribution in [0.1, 0.15) is 10.4 Å². The highest BCUT2D eigenvalue weighted by molar-refractivity contribution is 8.13. The molecule has 1 aromatic heterocycles. The van der Waals surface area contributed by atoms with Crippen molar-refractivity contribution in [2.24, 2.45) is 10.8 Å². The number of thioether (sulfide) groups is 1. The molecule has 0 saturated heterocycles. The predicted molar refractivity (Wildman–Crippen MR) is 79.7 cm³/mol. The van der Waals surface area contributed by atoms with Crippen molar-refractivity contribution in [2.45, 2.75) is 5.75 Å². The molecule has 0 bridgehead atoms. The van der Waals surface area contributed by atoms with Crippen molar-refractivity contribution in [3.8, 4) is 0 Å². The standard InChI is InChI=1S/C13H11F2N3S2/c14-11-4-3-9(6-12(11)15)8-20-13(16)18-17-7-10-2-1-5-19-10/h1-7H,8H2,(H2,16,18)/p+1. The number of halogens is 2. The summed E-state index contributed by atoms with van der Waals surface area (Å²) in [6.07, 6.45) is 1.73. The zero-order valence-electron chi connectivity index (χ0n) is 10.3. The highest BCUT2D eigenvalue weighted by Crippen LogP contribution is 2.14. The van der Waals surface area contributed by atoms with Gasteiger partial charge in [-0.15, -0.1) is 16.4 Å². The van der Waals surface area contributed by atoms with E-state index in [1.165, 1.54) is 17.8 Å². The summed E-state index contributed by atoms with van der Waals surface area (Å²) in [4.78, 5) is 1.03. The van der Waals surface area contributed by atoms with E-state index in [2.05, 4.69) is 10.2 Å². The summed E-state index contributed by atoms with van der Waals surface area (Å²) >= 11 is 2.82. The van der Waals surface area contributed by atoms with Crippen molar-refractivity contribution in [3.05, 3.63) is 57.8 Å². The molecule has 0 radical (unpaired) electrons. The Balaban J connectivity index is 1.88. The van der Waals surface area contributed by atoms with Crippen LogP contribution < -0.4 is 10.8 Å². The number of hydrogen-bond donors (Lipinski definition) is 2. The predicted octanol–water partition coefficient (Wildman–Crippen LogP) is 1.69. The average molecular weight is 312 g/mol. The van der Waals surface area contributed by atoms with Crippen LogP contribution in [0.3, 0.4) is 0 Å². The maximum Gasteiger partial charge on any atom is 0.226 e. The van der Waals surface area contributed by atoms with Gasteiger partial charge >= 0.3 is 0 Å². The molecule has 1 aromatic carbocycles. The lowest BCUT2D eigenvalue weighted by Crippen LogP contribution is -2.62. The normalized spacial score (nSPS) is 12.2. The van der Waals surface area contributed by atoms with Gasteiger partial charge in [0.2, 0.25) is 11.4 Å². The van der Waals surface area contributed by atoms with E-state index in [-0.39, 0.29) is 0 Å². The van der Waals surface area contributed by atoms with Crippen LogP contribution in [-0.4, -0.2) is 11.4 Å². The maximum atomic E-state index is 13.0. The fourth-order valence-corrected chi connectivity index (χ4v) is 2.56. The number of hydrogen-bond acceptors (Lipinski definition) is 3. The first-order valence-corrected chi connectivity index (χ1v) is 7.54. The van der Waals surface area contributed by atoms with E-state index in [0.717, 1.165) is 17.0 Å². The van der Waals surface area contributed by atoms with Crippen LogP contribution in [0.5, 0.6) is 0 Å². The van der Waals surface area contributed by atoms with Crippen LogP contribution in [0, 0.1) is 11.6 Å². The van der Waals surface area contributed by atoms with Gasteiger partial charge in [-0.3, -0.25) is 0 Å². The van der Waals surface area contributed by atoms with E-state index >= 15 is 0 Å². The molecule has 0 saturated carbocycles. The summed E-state index contributed by atoms with van der Waals surface area (Å²) in [6.45, 7) is 0. The van der Waals surface area contributed by atoms with Crippen LogP contribution in [0.25, 0.3) is 0 Å². The molecule has 2 rings (SSSR count). The molecule has 0 amide bonds. The molecule has 0 aliphatic heterocycles. The van der Waals surface area contributed by atoms with E-state index < -0.39 is 11.6 Å². The Morgan fingerprint density at radius 2 is 2.20 bits per heavy atom. The molecule has 0 aliphatic carbocycles. The summed E-state index contributed by atoms with van der Waals surface area (Å²) < 4.78 is 25.8. The molecule has 1 heterocycles. The van der Waals surface area contributed by atoms with Gasteiger partial charge in [-0.2, -0.15) is 0 Å². The first-order chi connectivity index (χ1) is 9.65. The van der Waals surface area contributed by atoms with Crippen LogP contribution in [-0.2, 0) is 5.75 Å². The van der Waals surface area contributed by atoms with Crippen molar-refractivity contribution in [3.63, 3.8) is 0 Å². The van der Waals surface area contributed by atoms with Gasteiger partial charge in [-0.05, 0) is 29.1 Å². The number of hydrazone groups is 1. The lowest BCUT2D eigenvalue weighted by molar-refractivity contribution is -0.455. The lowest BCUT2D eigenvalue weighted by atomic mass is 10.2. The van der Waals surface area contributed by atoms with Crippen LogP contribution in [0.2, 0.25) is 0 Å². The fourth-order valence-electron chi connectivity index (χ4n) is 1.35. The second kappa shape index (κ2) is 7.16. The third-order valence-corrected chi connectivity index (χ3v) is 3.98. The quantitative estimate of drug-likeness (QED) is 0.513. The molecule has 0 spiro atoms. The summed E-state index contributed by atoms with van der Waals surface area (Å²) in [7, 11) is 0. The molecule has 0 aliphatic rings. The van der Waals surface area contributed by atoms with Gasteiger partial charge in [0.15, 0.2) is 11.6 Å². The molecule has 7 heteroatoms. The Morgan fingerprint density at radius 3 is 2.90 bits per heavy atom. The van der Waals surface area contributed by atoms with Crippen molar-refractivity contribution in [2.75, 3.05) is 0 Å².